The van der Waals surface area contributed by atoms with E-state index in [0.29, 0.717) is 32.0 Å². The molecule has 0 spiro atoms. The molecule has 0 radical (unpaired) electrons. The molecule has 6 heteroatoms. The molecule has 0 aliphatic heterocycles. The van der Waals surface area contributed by atoms with Gasteiger partial charge < -0.3 is 20.3 Å². The summed E-state index contributed by atoms with van der Waals surface area (Å²) >= 11 is 0. The Morgan fingerprint density at radius 1 is 1.07 bits per heavy atom. The second-order valence-electron chi connectivity index (χ2n) is 6.46. The van der Waals surface area contributed by atoms with Gasteiger partial charge in [0.2, 0.25) is 5.91 Å². The average Bonchev–Trinajstić information content (AvgIpc) is 2.72. The lowest BCUT2D eigenvalue weighted by Crippen LogP contribution is -2.39. The van der Waals surface area contributed by atoms with Crippen LogP contribution in [0.25, 0.3) is 0 Å². The summed E-state index contributed by atoms with van der Waals surface area (Å²) in [6, 6.07) is 17.8. The molecule has 0 unspecified atom stereocenters. The monoisotopic (exact) mass is 382 g/mol. The molecule has 0 saturated heterocycles. The van der Waals surface area contributed by atoms with Crippen LogP contribution < -0.4 is 15.4 Å². The van der Waals surface area contributed by atoms with Crippen LogP contribution in [-0.4, -0.2) is 44.0 Å². The quantitative estimate of drug-likeness (QED) is 0.517. The fraction of sp³-hybridized carbons (Fsp3) is 0.364. The highest BCUT2D eigenvalue weighted by Crippen LogP contribution is 2.13. The van der Waals surface area contributed by atoms with Crippen molar-refractivity contribution in [2.75, 3.05) is 27.2 Å². The number of carbonyl (C=O) groups excluding carboxylic acids is 1. The first-order valence-electron chi connectivity index (χ1n) is 9.55. The van der Waals surface area contributed by atoms with Crippen molar-refractivity contribution in [2.45, 2.75) is 26.4 Å². The number of benzene rings is 2. The molecule has 0 saturated carbocycles. The van der Waals surface area contributed by atoms with Gasteiger partial charge in [-0.1, -0.05) is 42.5 Å². The van der Waals surface area contributed by atoms with Crippen LogP contribution in [0.15, 0.2) is 59.6 Å². The largest absolute Gasteiger partial charge is 0.497 e. The van der Waals surface area contributed by atoms with Crippen molar-refractivity contribution < 1.29 is 9.53 Å². The lowest BCUT2D eigenvalue weighted by molar-refractivity contribution is -0.130. The molecule has 0 atom stereocenters. The van der Waals surface area contributed by atoms with Gasteiger partial charge in [-0.05, 0) is 30.2 Å². The van der Waals surface area contributed by atoms with Gasteiger partial charge in [0.15, 0.2) is 5.96 Å². The average molecular weight is 383 g/mol. The molecule has 0 fully saturated rings. The molecule has 2 rings (SSSR count). The molecule has 0 heterocycles. The number of rotatable bonds is 9. The first-order valence-corrected chi connectivity index (χ1v) is 9.55. The predicted molar refractivity (Wildman–Crippen MR) is 113 cm³/mol. The van der Waals surface area contributed by atoms with Crippen molar-refractivity contribution in [3.63, 3.8) is 0 Å². The minimum atomic E-state index is 0.0972. The SMILES string of the molecule is CCNC(=NCc1cccc(OC)c1)NCCC(=O)N(C)Cc1ccccc1. The number of ether oxygens (including phenoxy) is 1. The Balaban J connectivity index is 1.82. The third-order valence-corrected chi connectivity index (χ3v) is 4.22. The second kappa shape index (κ2) is 11.6. The van der Waals surface area contributed by atoms with Crippen LogP contribution in [0.1, 0.15) is 24.5 Å². The fourth-order valence-corrected chi connectivity index (χ4v) is 2.71. The van der Waals surface area contributed by atoms with Gasteiger partial charge in [-0.3, -0.25) is 4.79 Å². The topological polar surface area (TPSA) is 66.0 Å². The smallest absolute Gasteiger partial charge is 0.224 e. The van der Waals surface area contributed by atoms with Crippen molar-refractivity contribution >= 4 is 11.9 Å². The van der Waals surface area contributed by atoms with E-state index in [1.807, 2.05) is 68.6 Å². The van der Waals surface area contributed by atoms with Crippen molar-refractivity contribution in [1.82, 2.24) is 15.5 Å². The first-order chi connectivity index (χ1) is 13.6. The summed E-state index contributed by atoms with van der Waals surface area (Å²) in [6.07, 6.45) is 0.410. The molecule has 0 aromatic heterocycles. The zero-order chi connectivity index (χ0) is 20.2. The molecule has 2 aromatic carbocycles. The zero-order valence-corrected chi connectivity index (χ0v) is 16.9. The molecule has 150 valence electrons. The summed E-state index contributed by atoms with van der Waals surface area (Å²) in [4.78, 5) is 18.7. The van der Waals surface area contributed by atoms with Gasteiger partial charge in [0.1, 0.15) is 5.75 Å². The van der Waals surface area contributed by atoms with Crippen LogP contribution >= 0.6 is 0 Å². The van der Waals surface area contributed by atoms with Crippen LogP contribution in [-0.2, 0) is 17.9 Å². The van der Waals surface area contributed by atoms with Gasteiger partial charge in [-0.2, -0.15) is 0 Å². The minimum absolute atomic E-state index is 0.0972. The number of hydrogen-bond donors (Lipinski definition) is 2. The Bertz CT molecular complexity index is 762. The molecule has 0 bridgehead atoms. The van der Waals surface area contributed by atoms with E-state index in [1.54, 1.807) is 12.0 Å². The number of methoxy groups -OCH3 is 1. The van der Waals surface area contributed by atoms with Crippen molar-refractivity contribution in [3.8, 4) is 5.75 Å². The fourth-order valence-electron chi connectivity index (χ4n) is 2.71. The van der Waals surface area contributed by atoms with Crippen LogP contribution in [0.2, 0.25) is 0 Å². The predicted octanol–water partition coefficient (Wildman–Crippen LogP) is 2.80. The molecular formula is C22H30N4O2. The highest BCUT2D eigenvalue weighted by molar-refractivity contribution is 5.81. The van der Waals surface area contributed by atoms with E-state index in [4.69, 9.17) is 4.74 Å². The van der Waals surface area contributed by atoms with E-state index in [0.717, 1.165) is 23.4 Å². The van der Waals surface area contributed by atoms with Crippen LogP contribution in [0.3, 0.4) is 0 Å². The number of amides is 1. The standard InChI is InChI=1S/C22H30N4O2/c1-4-23-22(25-16-19-11-8-12-20(15-19)28-3)24-14-13-21(27)26(2)17-18-9-6-5-7-10-18/h5-12,15H,4,13-14,16-17H2,1-3H3,(H2,23,24,25). The highest BCUT2D eigenvalue weighted by Gasteiger charge is 2.09. The summed E-state index contributed by atoms with van der Waals surface area (Å²) in [5.74, 6) is 1.61. The summed E-state index contributed by atoms with van der Waals surface area (Å²) in [7, 11) is 3.48. The minimum Gasteiger partial charge on any atom is -0.497 e. The van der Waals surface area contributed by atoms with Crippen molar-refractivity contribution in [2.24, 2.45) is 4.99 Å². The molecule has 2 aromatic rings. The van der Waals surface area contributed by atoms with Gasteiger partial charge in [-0.25, -0.2) is 4.99 Å². The van der Waals surface area contributed by atoms with E-state index in [1.165, 1.54) is 0 Å². The van der Waals surface area contributed by atoms with Gasteiger partial charge in [0.25, 0.3) is 0 Å². The maximum Gasteiger partial charge on any atom is 0.224 e. The molecule has 2 N–H and O–H groups in total. The number of hydrogen-bond acceptors (Lipinski definition) is 3. The summed E-state index contributed by atoms with van der Waals surface area (Å²) < 4.78 is 5.24. The molecule has 6 nitrogen and oxygen atoms in total. The Morgan fingerprint density at radius 2 is 1.82 bits per heavy atom. The Kier molecular flexibility index (Phi) is 8.85. The van der Waals surface area contributed by atoms with Crippen molar-refractivity contribution in [3.05, 3.63) is 65.7 Å². The van der Waals surface area contributed by atoms with Gasteiger partial charge in [0.05, 0.1) is 13.7 Å². The lowest BCUT2D eigenvalue weighted by Gasteiger charge is -2.18. The maximum atomic E-state index is 12.3. The summed E-state index contributed by atoms with van der Waals surface area (Å²) in [5, 5.41) is 6.44. The van der Waals surface area contributed by atoms with Gasteiger partial charge in [-0.15, -0.1) is 0 Å². The van der Waals surface area contributed by atoms with E-state index in [9.17, 15) is 4.79 Å². The lowest BCUT2D eigenvalue weighted by atomic mass is 10.2. The number of aliphatic imine (C=N–C) groups is 1. The molecule has 28 heavy (non-hydrogen) atoms. The Labute approximate surface area is 167 Å². The van der Waals surface area contributed by atoms with Crippen LogP contribution in [0.5, 0.6) is 5.75 Å². The summed E-state index contributed by atoms with van der Waals surface area (Å²) in [5.41, 5.74) is 2.19. The van der Waals surface area contributed by atoms with E-state index in [-0.39, 0.29) is 5.91 Å². The molecule has 0 aliphatic rings. The normalized spacial score (nSPS) is 11.0. The maximum absolute atomic E-state index is 12.3. The third-order valence-electron chi connectivity index (χ3n) is 4.22. The highest BCUT2D eigenvalue weighted by atomic mass is 16.5. The first kappa shape index (κ1) is 21.3. The Hall–Kier alpha value is -3.02. The van der Waals surface area contributed by atoms with Gasteiger partial charge >= 0.3 is 0 Å². The van der Waals surface area contributed by atoms with Gasteiger partial charge in [0, 0.05) is 33.1 Å². The molecule has 1 amide bonds. The third kappa shape index (κ3) is 7.31. The number of nitrogens with zero attached hydrogens (tertiary/aromatic N) is 2. The summed E-state index contributed by atoms with van der Waals surface area (Å²) in [6.45, 7) is 4.45. The molecule has 0 aliphatic carbocycles. The second-order valence-corrected chi connectivity index (χ2v) is 6.46. The van der Waals surface area contributed by atoms with Crippen LogP contribution in [0.4, 0.5) is 0 Å². The zero-order valence-electron chi connectivity index (χ0n) is 16.9. The Morgan fingerprint density at radius 3 is 2.54 bits per heavy atom. The molecular weight excluding hydrogens is 352 g/mol. The van der Waals surface area contributed by atoms with Crippen molar-refractivity contribution in [1.29, 1.82) is 0 Å². The van der Waals surface area contributed by atoms with E-state index in [2.05, 4.69) is 15.6 Å². The van der Waals surface area contributed by atoms with Crippen LogP contribution in [0, 0.1) is 0 Å². The van der Waals surface area contributed by atoms with E-state index < -0.39 is 0 Å². The number of nitrogens with one attached hydrogen (secondary N) is 2. The number of guanidine groups is 1. The van der Waals surface area contributed by atoms with E-state index >= 15 is 0 Å². The number of carbonyl (C=O) groups is 1.